The van der Waals surface area contributed by atoms with Gasteiger partial charge in [-0.25, -0.2) is 13.8 Å². The molecule has 1 unspecified atom stereocenters. The molecule has 0 saturated carbocycles. The SMILES string of the molecule is CON(C(=O)c1cn(C)cc1C(F)F)C1CCCCc2sccc21. The largest absolute Gasteiger partial charge is 0.356 e. The zero-order chi connectivity index (χ0) is 17.3. The molecule has 0 fully saturated rings. The van der Waals surface area contributed by atoms with Crippen LogP contribution in [0.15, 0.2) is 23.8 Å². The van der Waals surface area contributed by atoms with Crippen LogP contribution >= 0.6 is 11.3 Å². The lowest BCUT2D eigenvalue weighted by Crippen LogP contribution is -2.34. The van der Waals surface area contributed by atoms with Crippen molar-refractivity contribution >= 4 is 17.2 Å². The van der Waals surface area contributed by atoms with Gasteiger partial charge in [0, 0.05) is 29.9 Å². The van der Waals surface area contributed by atoms with Crippen LogP contribution in [-0.4, -0.2) is 22.6 Å². The fourth-order valence-electron chi connectivity index (χ4n) is 3.30. The number of rotatable bonds is 4. The predicted octanol–water partition coefficient (Wildman–Crippen LogP) is 4.50. The summed E-state index contributed by atoms with van der Waals surface area (Å²) in [6.07, 6.45) is 3.80. The van der Waals surface area contributed by atoms with Crippen molar-refractivity contribution in [2.75, 3.05) is 7.11 Å². The summed E-state index contributed by atoms with van der Waals surface area (Å²) >= 11 is 1.67. The van der Waals surface area contributed by atoms with Crippen molar-refractivity contribution in [3.8, 4) is 0 Å². The molecule has 0 spiro atoms. The second-order valence-electron chi connectivity index (χ2n) is 5.97. The predicted molar refractivity (Wildman–Crippen MR) is 88.2 cm³/mol. The first-order chi connectivity index (χ1) is 11.5. The number of hydrogen-bond donors (Lipinski definition) is 0. The molecule has 4 nitrogen and oxygen atoms in total. The van der Waals surface area contributed by atoms with Gasteiger partial charge in [0.2, 0.25) is 0 Å². The summed E-state index contributed by atoms with van der Waals surface area (Å²) in [6, 6.07) is 1.77. The van der Waals surface area contributed by atoms with Gasteiger partial charge in [-0.1, -0.05) is 6.42 Å². The van der Waals surface area contributed by atoms with E-state index in [1.54, 1.807) is 18.4 Å². The maximum absolute atomic E-state index is 13.2. The van der Waals surface area contributed by atoms with Crippen LogP contribution in [0.3, 0.4) is 0 Å². The molecule has 0 bridgehead atoms. The van der Waals surface area contributed by atoms with E-state index >= 15 is 0 Å². The Morgan fingerprint density at radius 1 is 1.42 bits per heavy atom. The van der Waals surface area contributed by atoms with Gasteiger partial charge in [0.15, 0.2) is 0 Å². The van der Waals surface area contributed by atoms with E-state index in [1.165, 1.54) is 34.0 Å². The summed E-state index contributed by atoms with van der Waals surface area (Å²) in [5, 5.41) is 3.27. The van der Waals surface area contributed by atoms with Gasteiger partial charge in [0.25, 0.3) is 12.3 Å². The molecule has 3 rings (SSSR count). The Kier molecular flexibility index (Phi) is 5.01. The number of thiophene rings is 1. The molecule has 1 atom stereocenters. The van der Waals surface area contributed by atoms with Crippen molar-refractivity contribution in [2.24, 2.45) is 7.05 Å². The average molecular weight is 354 g/mol. The fourth-order valence-corrected chi connectivity index (χ4v) is 4.28. The van der Waals surface area contributed by atoms with Crippen molar-refractivity contribution in [1.29, 1.82) is 0 Å². The van der Waals surface area contributed by atoms with Gasteiger partial charge in [0.1, 0.15) is 0 Å². The molecule has 130 valence electrons. The minimum absolute atomic E-state index is 0.00428. The zero-order valence-corrected chi connectivity index (χ0v) is 14.5. The number of hydroxylamine groups is 2. The second-order valence-corrected chi connectivity index (χ2v) is 6.97. The minimum Gasteiger partial charge on any atom is -0.356 e. The summed E-state index contributed by atoms with van der Waals surface area (Å²) in [5.41, 5.74) is 0.807. The normalized spacial score (nSPS) is 17.6. The number of nitrogens with zero attached hydrogens (tertiary/aromatic N) is 2. The fraction of sp³-hybridized carbons (Fsp3) is 0.471. The van der Waals surface area contributed by atoms with Crippen LogP contribution < -0.4 is 0 Å². The third kappa shape index (κ3) is 3.10. The van der Waals surface area contributed by atoms with Crippen LogP contribution in [0.2, 0.25) is 0 Å². The third-order valence-electron chi connectivity index (χ3n) is 4.40. The number of halogens is 2. The molecule has 24 heavy (non-hydrogen) atoms. The first-order valence-corrected chi connectivity index (χ1v) is 8.78. The zero-order valence-electron chi connectivity index (χ0n) is 13.7. The van der Waals surface area contributed by atoms with Crippen molar-refractivity contribution in [3.63, 3.8) is 0 Å². The van der Waals surface area contributed by atoms with E-state index in [4.69, 9.17) is 4.84 Å². The van der Waals surface area contributed by atoms with Crippen LogP contribution in [0.5, 0.6) is 0 Å². The van der Waals surface area contributed by atoms with E-state index in [2.05, 4.69) is 0 Å². The lowest BCUT2D eigenvalue weighted by Gasteiger charge is -2.29. The number of carbonyl (C=O) groups excluding carboxylic acids is 1. The Hall–Kier alpha value is -1.73. The highest BCUT2D eigenvalue weighted by Gasteiger charge is 2.33. The summed E-state index contributed by atoms with van der Waals surface area (Å²) < 4.78 is 28.0. The second kappa shape index (κ2) is 7.03. The third-order valence-corrected chi connectivity index (χ3v) is 5.40. The van der Waals surface area contributed by atoms with E-state index in [9.17, 15) is 13.6 Å². The van der Waals surface area contributed by atoms with Gasteiger partial charge in [-0.3, -0.25) is 9.63 Å². The van der Waals surface area contributed by atoms with Crippen molar-refractivity contribution < 1.29 is 18.4 Å². The summed E-state index contributed by atoms with van der Waals surface area (Å²) in [4.78, 5) is 19.5. The Morgan fingerprint density at radius 2 is 2.21 bits per heavy atom. The highest BCUT2D eigenvalue weighted by Crippen LogP contribution is 2.37. The lowest BCUT2D eigenvalue weighted by molar-refractivity contribution is -0.126. The van der Waals surface area contributed by atoms with Crippen molar-refractivity contribution in [2.45, 2.75) is 38.2 Å². The molecule has 0 saturated heterocycles. The Balaban J connectivity index is 1.96. The first kappa shape index (κ1) is 17.1. The highest BCUT2D eigenvalue weighted by molar-refractivity contribution is 7.10. The van der Waals surface area contributed by atoms with Gasteiger partial charge in [0.05, 0.1) is 18.7 Å². The van der Waals surface area contributed by atoms with E-state index in [0.717, 1.165) is 31.2 Å². The average Bonchev–Trinajstić information content (AvgIpc) is 3.12. The molecule has 0 radical (unpaired) electrons. The Labute approximate surface area is 143 Å². The van der Waals surface area contributed by atoms with Crippen molar-refractivity contribution in [3.05, 3.63) is 45.4 Å². The molecule has 0 aliphatic heterocycles. The molecule has 7 heteroatoms. The molecule has 0 aromatic carbocycles. The van der Waals surface area contributed by atoms with Gasteiger partial charge in [-0.15, -0.1) is 11.3 Å². The molecular weight excluding hydrogens is 334 g/mol. The topological polar surface area (TPSA) is 34.5 Å². The summed E-state index contributed by atoms with van der Waals surface area (Å²) in [5.74, 6) is -0.516. The van der Waals surface area contributed by atoms with Gasteiger partial charge in [-0.2, -0.15) is 0 Å². The number of hydrogen-bond acceptors (Lipinski definition) is 3. The Bertz CT molecular complexity index is 726. The van der Waals surface area contributed by atoms with Crippen LogP contribution in [0.4, 0.5) is 8.78 Å². The molecule has 2 aromatic heterocycles. The molecule has 1 aliphatic carbocycles. The maximum Gasteiger partial charge on any atom is 0.280 e. The molecule has 1 aliphatic rings. The van der Waals surface area contributed by atoms with E-state index in [-0.39, 0.29) is 17.2 Å². The molecule has 2 aromatic rings. The number of carbonyl (C=O) groups is 1. The maximum atomic E-state index is 13.2. The monoisotopic (exact) mass is 354 g/mol. The molecule has 0 N–H and O–H groups in total. The van der Waals surface area contributed by atoms with Crippen LogP contribution in [0.25, 0.3) is 0 Å². The first-order valence-electron chi connectivity index (χ1n) is 7.91. The van der Waals surface area contributed by atoms with Gasteiger partial charge in [-0.05, 0) is 36.3 Å². The van der Waals surface area contributed by atoms with E-state index in [1.807, 2.05) is 11.4 Å². The molecule has 2 heterocycles. The molecule has 1 amide bonds. The number of aryl methyl sites for hydroxylation is 2. The highest BCUT2D eigenvalue weighted by atomic mass is 32.1. The number of alkyl halides is 2. The van der Waals surface area contributed by atoms with E-state index < -0.39 is 12.3 Å². The van der Waals surface area contributed by atoms with Crippen LogP contribution in [-0.2, 0) is 18.3 Å². The number of fused-ring (bicyclic) bond motifs is 1. The smallest absolute Gasteiger partial charge is 0.280 e. The van der Waals surface area contributed by atoms with E-state index in [0.29, 0.717) is 0 Å². The minimum atomic E-state index is -2.70. The Morgan fingerprint density at radius 3 is 2.92 bits per heavy atom. The lowest BCUT2D eigenvalue weighted by atomic mass is 10.0. The summed E-state index contributed by atoms with van der Waals surface area (Å²) in [6.45, 7) is 0. The van der Waals surface area contributed by atoms with Crippen LogP contribution in [0, 0.1) is 0 Å². The van der Waals surface area contributed by atoms with Crippen molar-refractivity contribution in [1.82, 2.24) is 9.63 Å². The summed E-state index contributed by atoms with van der Waals surface area (Å²) in [7, 11) is 3.04. The number of aromatic nitrogens is 1. The number of amides is 1. The van der Waals surface area contributed by atoms with Crippen LogP contribution in [0.1, 0.15) is 58.1 Å². The van der Waals surface area contributed by atoms with Gasteiger partial charge >= 0.3 is 0 Å². The quantitative estimate of drug-likeness (QED) is 0.599. The molecular formula is C17H20F2N2O2S. The van der Waals surface area contributed by atoms with Gasteiger partial charge < -0.3 is 4.57 Å². The standard InChI is InChI=1S/C17H20F2N2O2S/c1-20-9-12(16(18)19)13(10-20)17(22)21(23-2)14-5-3-4-6-15-11(14)7-8-24-15/h7-10,14,16H,3-6H2,1-2H3.